The van der Waals surface area contributed by atoms with Crippen LogP contribution >= 0.6 is 0 Å². The maximum Gasteiger partial charge on any atom is 0.189 e. The van der Waals surface area contributed by atoms with Crippen molar-refractivity contribution in [3.63, 3.8) is 0 Å². The van der Waals surface area contributed by atoms with Gasteiger partial charge in [0.2, 0.25) is 0 Å². The summed E-state index contributed by atoms with van der Waals surface area (Å²) in [6, 6.07) is 1.76. The van der Waals surface area contributed by atoms with Gasteiger partial charge in [-0.1, -0.05) is 0 Å². The molecule has 0 aliphatic rings. The van der Waals surface area contributed by atoms with Crippen LogP contribution in [0.15, 0.2) is 12.3 Å². The molecular weight excluding hydrogens is 194 g/mol. The quantitative estimate of drug-likeness (QED) is 0.361. The third kappa shape index (κ3) is 1.44. The maximum atomic E-state index is 8.78. The molecule has 0 bridgehead atoms. The lowest BCUT2D eigenvalue weighted by atomic mass is 10.2. The van der Waals surface area contributed by atoms with E-state index >= 15 is 0 Å². The fourth-order valence-electron chi connectivity index (χ4n) is 1.50. The molecule has 2 aromatic heterocycles. The molecule has 2 heterocycles. The van der Waals surface area contributed by atoms with Crippen molar-refractivity contribution < 1.29 is 6.62 Å². The van der Waals surface area contributed by atoms with Gasteiger partial charge in [0.15, 0.2) is 7.25 Å². The highest BCUT2D eigenvalue weighted by Crippen LogP contribution is 2.15. The molecule has 78 valence electrons. The van der Waals surface area contributed by atoms with Gasteiger partial charge in [0.25, 0.3) is 0 Å². The summed E-state index contributed by atoms with van der Waals surface area (Å²) in [6.45, 7) is 1.87. The standard InChI is InChI=1S/C9H11N5O/c1-5-8-7(14(2)12-5)3-6(4-11-8)9(10)13-15/h3-4,15H,1-2H3,(H2,10,13). The van der Waals surface area contributed by atoms with Crippen LogP contribution in [0.25, 0.3) is 11.0 Å². The van der Waals surface area contributed by atoms with Crippen molar-refractivity contribution in [3.8, 4) is 0 Å². The second-order valence-corrected chi connectivity index (χ2v) is 3.26. The number of hydrogen-bond donors (Lipinski definition) is 3. The molecule has 0 aliphatic carbocycles. The minimum atomic E-state index is 0.0493. The molecule has 0 saturated carbocycles. The van der Waals surface area contributed by atoms with Crippen LogP contribution in [0.3, 0.4) is 0 Å². The van der Waals surface area contributed by atoms with Crippen LogP contribution in [0.5, 0.6) is 0 Å². The van der Waals surface area contributed by atoms with Crippen LogP contribution in [0.4, 0.5) is 0 Å². The fraction of sp³-hybridized carbons (Fsp3) is 0.222. The first-order valence-corrected chi connectivity index (χ1v) is 4.39. The van der Waals surface area contributed by atoms with Crippen LogP contribution in [0.1, 0.15) is 11.3 Å². The first-order valence-electron chi connectivity index (χ1n) is 4.84. The molecule has 0 unspecified atom stereocenters. The van der Waals surface area contributed by atoms with E-state index in [9.17, 15) is 0 Å². The molecular formula is C9H11N5O. The van der Waals surface area contributed by atoms with Crippen molar-refractivity contribution in [2.24, 2.45) is 7.05 Å². The lowest BCUT2D eigenvalue weighted by Gasteiger charge is -2.01. The summed E-state index contributed by atoms with van der Waals surface area (Å²) >= 11 is 0. The zero-order valence-electron chi connectivity index (χ0n) is 9.39. The Labute approximate surface area is 87.5 Å². The Morgan fingerprint density at radius 2 is 2.53 bits per heavy atom. The summed E-state index contributed by atoms with van der Waals surface area (Å²) in [4.78, 5) is 4.22. The molecule has 15 heavy (non-hydrogen) atoms. The second-order valence-electron chi connectivity index (χ2n) is 3.26. The van der Waals surface area contributed by atoms with Gasteiger partial charge in [0, 0.05) is 18.8 Å². The number of fused-ring (bicyclic) bond motifs is 1. The predicted octanol–water partition coefficient (Wildman–Crippen LogP) is 0.581. The van der Waals surface area contributed by atoms with Crippen LogP contribution in [0, 0.1) is 12.3 Å². The van der Waals surface area contributed by atoms with Crippen LogP contribution in [-0.2, 0) is 7.05 Å². The predicted molar refractivity (Wildman–Crippen MR) is 55.0 cm³/mol. The number of aromatic nitrogens is 3. The van der Waals surface area contributed by atoms with E-state index < -0.39 is 0 Å². The van der Waals surface area contributed by atoms with Gasteiger partial charge < -0.3 is 0 Å². The molecule has 3 N–H and O–H groups in total. The lowest BCUT2D eigenvalue weighted by molar-refractivity contribution is 0.234. The molecule has 6 heteroatoms. The number of hydroxylamine groups is 1. The first kappa shape index (κ1) is 8.37. The van der Waals surface area contributed by atoms with E-state index in [-0.39, 0.29) is 5.84 Å². The summed E-state index contributed by atoms with van der Waals surface area (Å²) in [5.74, 6) is 0.0493. The number of nitrogens with one attached hydrogen (secondary N) is 2. The van der Waals surface area contributed by atoms with Crippen molar-refractivity contribution in [2.75, 3.05) is 0 Å². The normalized spacial score (nSPS) is 13.0. The Morgan fingerprint density at radius 3 is 3.20 bits per heavy atom. The molecule has 0 radical (unpaired) electrons. The van der Waals surface area contributed by atoms with Gasteiger partial charge in [0.1, 0.15) is 5.52 Å². The summed E-state index contributed by atoms with van der Waals surface area (Å²) in [5, 5.41) is 16.2. The summed E-state index contributed by atoms with van der Waals surface area (Å²) in [7, 11) is 1.81. The van der Waals surface area contributed by atoms with E-state index in [4.69, 9.17) is 6.62 Å². The second kappa shape index (κ2) is 3.32. The Morgan fingerprint density at radius 1 is 1.73 bits per heavy atom. The van der Waals surface area contributed by atoms with Crippen molar-refractivity contribution in [1.29, 1.82) is 5.40 Å². The Hall–Kier alpha value is -1.95. The number of hydrogen-bond acceptors (Lipinski definition) is 4. The topological polar surface area (TPSA) is 86.8 Å². The number of rotatable bonds is 1. The molecule has 0 spiro atoms. The van der Waals surface area contributed by atoms with E-state index in [1.165, 1.54) is 6.20 Å². The molecule has 0 amide bonds. The van der Waals surface area contributed by atoms with E-state index in [1.807, 2.05) is 19.5 Å². The van der Waals surface area contributed by atoms with Crippen molar-refractivity contribution in [2.45, 2.75) is 6.92 Å². The van der Waals surface area contributed by atoms with Gasteiger partial charge in [-0.25, -0.2) is 0 Å². The molecule has 0 saturated heterocycles. The smallest absolute Gasteiger partial charge is 0.189 e. The van der Waals surface area contributed by atoms with Gasteiger partial charge in [0.05, 0.1) is 11.2 Å². The molecule has 6 nitrogen and oxygen atoms in total. The average Bonchev–Trinajstić information content (AvgIpc) is 2.57. The van der Waals surface area contributed by atoms with Gasteiger partial charge in [-0.05, 0) is 13.0 Å². The van der Waals surface area contributed by atoms with Crippen LogP contribution in [0.2, 0.25) is 1.41 Å². The SMILES string of the molecule is [H]/N=C(\NO)c1cnc2c(C)nn(C)c2c1. The minimum Gasteiger partial charge on any atom is -0.290 e. The summed E-state index contributed by atoms with van der Waals surface area (Å²) in [6.07, 6.45) is 1.54. The number of amidine groups is 1. The van der Waals surface area contributed by atoms with Gasteiger partial charge >= 0.3 is 0 Å². The van der Waals surface area contributed by atoms with Gasteiger partial charge in [-0.2, -0.15) is 5.10 Å². The van der Waals surface area contributed by atoms with E-state index in [0.29, 0.717) is 5.56 Å². The molecule has 0 atom stereocenters. The minimum absolute atomic E-state index is 0.0493. The molecule has 0 aliphatic heterocycles. The zero-order chi connectivity index (χ0) is 11.7. The molecule has 0 aromatic carbocycles. The maximum absolute atomic E-state index is 8.78. The molecule has 2 aromatic rings. The molecule has 2 rings (SSSR count). The number of pyridine rings is 1. The zero-order valence-corrected chi connectivity index (χ0v) is 8.39. The number of aryl methyl sites for hydroxylation is 2. The average molecular weight is 205 g/mol. The van der Waals surface area contributed by atoms with Crippen LogP contribution < -0.4 is 5.48 Å². The lowest BCUT2D eigenvalue weighted by Crippen LogP contribution is -2.18. The highest BCUT2D eigenvalue weighted by atomic mass is 16.5. The Kier molecular flexibility index (Phi) is 1.85. The van der Waals surface area contributed by atoms with E-state index in [1.54, 1.807) is 10.7 Å². The largest absolute Gasteiger partial charge is 0.290 e. The number of nitrogens with zero attached hydrogens (tertiary/aromatic N) is 3. The monoisotopic (exact) mass is 205 g/mol. The van der Waals surface area contributed by atoms with Crippen LogP contribution in [-0.4, -0.2) is 25.8 Å². The van der Waals surface area contributed by atoms with E-state index in [0.717, 1.165) is 16.7 Å². The third-order valence-electron chi connectivity index (χ3n) is 2.24. The Bertz CT molecular complexity index is 562. The van der Waals surface area contributed by atoms with E-state index in [2.05, 4.69) is 15.5 Å². The third-order valence-corrected chi connectivity index (χ3v) is 2.24. The highest BCUT2D eigenvalue weighted by Gasteiger charge is 2.08. The van der Waals surface area contributed by atoms with Crippen molar-refractivity contribution >= 4 is 16.9 Å². The summed E-state index contributed by atoms with van der Waals surface area (Å²) < 4.78 is 8.57. The molecule has 0 fully saturated rings. The Balaban J connectivity index is 2.64. The van der Waals surface area contributed by atoms with Crippen molar-refractivity contribution in [3.05, 3.63) is 23.5 Å². The first-order chi connectivity index (χ1) is 7.67. The van der Waals surface area contributed by atoms with Gasteiger partial charge in [-0.3, -0.25) is 25.8 Å². The highest BCUT2D eigenvalue weighted by molar-refractivity contribution is 5.97. The van der Waals surface area contributed by atoms with Gasteiger partial charge in [-0.15, -0.1) is 0 Å². The fourth-order valence-corrected chi connectivity index (χ4v) is 1.50. The summed E-state index contributed by atoms with van der Waals surface area (Å²) in [5.41, 5.74) is 4.85. The van der Waals surface area contributed by atoms with Crippen molar-refractivity contribution in [1.82, 2.24) is 20.2 Å².